The fourth-order valence-corrected chi connectivity index (χ4v) is 4.87. The van der Waals surface area contributed by atoms with Crippen LogP contribution in [-0.2, 0) is 19.1 Å². The molecule has 9 heteroatoms. The number of nitrogens with zero attached hydrogens (tertiary/aromatic N) is 2. The minimum atomic E-state index is -0.905. The highest BCUT2D eigenvalue weighted by Gasteiger charge is 2.31. The molecule has 0 radical (unpaired) electrons. The van der Waals surface area contributed by atoms with E-state index in [4.69, 9.17) is 15.9 Å². The molecule has 2 saturated heterocycles. The van der Waals surface area contributed by atoms with Gasteiger partial charge in [0, 0.05) is 39.1 Å². The molecular weight excluding hydrogens is 498 g/mol. The van der Waals surface area contributed by atoms with Gasteiger partial charge in [-0.05, 0) is 70.9 Å². The van der Waals surface area contributed by atoms with Crippen LogP contribution in [0.25, 0.3) is 0 Å². The zero-order chi connectivity index (χ0) is 28.4. The zero-order valence-electron chi connectivity index (χ0n) is 23.3. The van der Waals surface area contributed by atoms with Crippen LogP contribution >= 0.6 is 0 Å². The van der Waals surface area contributed by atoms with Gasteiger partial charge < -0.3 is 24.6 Å². The van der Waals surface area contributed by atoms with Crippen LogP contribution in [0.3, 0.4) is 0 Å². The summed E-state index contributed by atoms with van der Waals surface area (Å²) in [4.78, 5) is 53.9. The number of nitrogens with one attached hydrogen (secondary N) is 1. The molecule has 2 aliphatic heterocycles. The van der Waals surface area contributed by atoms with Gasteiger partial charge in [0.05, 0.1) is 5.92 Å². The van der Waals surface area contributed by atoms with Gasteiger partial charge in [-0.3, -0.25) is 14.4 Å². The van der Waals surface area contributed by atoms with E-state index in [9.17, 15) is 19.2 Å². The molecule has 9 nitrogen and oxygen atoms in total. The molecule has 0 bridgehead atoms. The van der Waals surface area contributed by atoms with Crippen molar-refractivity contribution in [3.63, 3.8) is 0 Å². The second kappa shape index (κ2) is 14.0. The predicted molar refractivity (Wildman–Crippen MR) is 146 cm³/mol. The zero-order valence-corrected chi connectivity index (χ0v) is 23.3. The lowest BCUT2D eigenvalue weighted by Gasteiger charge is -2.34. The molecule has 3 rings (SSSR count). The summed E-state index contributed by atoms with van der Waals surface area (Å²) in [6, 6.07) is 8.63. The maximum absolute atomic E-state index is 12.9. The summed E-state index contributed by atoms with van der Waals surface area (Å²) < 4.78 is 10.7. The highest BCUT2D eigenvalue weighted by atomic mass is 16.6. The Kier molecular flexibility index (Phi) is 10.8. The van der Waals surface area contributed by atoms with Crippen molar-refractivity contribution < 1.29 is 28.7 Å². The van der Waals surface area contributed by atoms with Crippen LogP contribution in [0.4, 0.5) is 4.79 Å². The first-order chi connectivity index (χ1) is 18.6. The van der Waals surface area contributed by atoms with Crippen molar-refractivity contribution in [3.8, 4) is 18.1 Å². The van der Waals surface area contributed by atoms with Crippen LogP contribution in [0.5, 0.6) is 5.75 Å². The molecule has 2 fully saturated rings. The molecule has 3 amide bonds. The topological polar surface area (TPSA) is 105 Å². The third kappa shape index (κ3) is 9.61. The van der Waals surface area contributed by atoms with Gasteiger partial charge in [-0.25, -0.2) is 4.79 Å². The van der Waals surface area contributed by atoms with E-state index in [1.165, 1.54) is 0 Å². The quantitative estimate of drug-likeness (QED) is 0.307. The van der Waals surface area contributed by atoms with E-state index < -0.39 is 17.5 Å². The monoisotopic (exact) mass is 539 g/mol. The lowest BCUT2D eigenvalue weighted by molar-refractivity contribution is -0.137. The van der Waals surface area contributed by atoms with Crippen LogP contribution in [0.1, 0.15) is 59.3 Å². The first-order valence-corrected chi connectivity index (χ1v) is 13.8. The molecule has 1 aromatic rings. The number of para-hydroxylation sites is 1. The van der Waals surface area contributed by atoms with Crippen molar-refractivity contribution >= 4 is 23.9 Å². The number of benzene rings is 1. The Labute approximate surface area is 231 Å². The molecule has 0 saturated carbocycles. The molecule has 39 heavy (non-hydrogen) atoms. The maximum atomic E-state index is 12.9. The lowest BCUT2D eigenvalue weighted by atomic mass is 9.91. The SMILES string of the molecule is C#C[C@@H](CNC(=O)[C@@H]1CCCN(C(=O)CCC2CCN(C(=O)OC(C)(C)C)CC2)C1)C(=O)Oc1ccccc1. The van der Waals surface area contributed by atoms with Crippen LogP contribution in [-0.4, -0.2) is 72.0 Å². The van der Waals surface area contributed by atoms with Crippen molar-refractivity contribution in [2.24, 2.45) is 17.8 Å². The number of carbonyl (C=O) groups excluding carboxylic acids is 4. The number of terminal acetylenes is 1. The van der Waals surface area contributed by atoms with E-state index in [1.54, 1.807) is 34.1 Å². The number of ether oxygens (including phenoxy) is 2. The molecule has 2 heterocycles. The number of hydrogen-bond acceptors (Lipinski definition) is 6. The third-order valence-corrected chi connectivity index (χ3v) is 7.11. The molecule has 1 N–H and O–H groups in total. The van der Waals surface area contributed by atoms with E-state index in [-0.39, 0.29) is 30.4 Å². The molecule has 0 unspecified atom stereocenters. The number of amides is 3. The number of carbonyl (C=O) groups is 4. The van der Waals surface area contributed by atoms with E-state index in [0.717, 1.165) is 25.7 Å². The molecule has 2 aliphatic rings. The van der Waals surface area contributed by atoms with Gasteiger partial charge in [-0.2, -0.15) is 0 Å². The Hall–Kier alpha value is -3.54. The number of likely N-dealkylation sites (tertiary alicyclic amines) is 2. The Morgan fingerprint density at radius 1 is 1.05 bits per heavy atom. The normalized spacial score (nSPS) is 19.0. The lowest BCUT2D eigenvalue weighted by Crippen LogP contribution is -2.46. The largest absolute Gasteiger partial charge is 0.444 e. The van der Waals surface area contributed by atoms with E-state index in [2.05, 4.69) is 11.2 Å². The van der Waals surface area contributed by atoms with Crippen LogP contribution < -0.4 is 10.1 Å². The van der Waals surface area contributed by atoms with Crippen LogP contribution in [0.2, 0.25) is 0 Å². The van der Waals surface area contributed by atoms with Crippen LogP contribution in [0, 0.1) is 30.1 Å². The van der Waals surface area contributed by atoms with Crippen molar-refractivity contribution in [1.29, 1.82) is 0 Å². The Bertz CT molecular complexity index is 1040. The summed E-state index contributed by atoms with van der Waals surface area (Å²) in [6.45, 7) is 7.81. The third-order valence-electron chi connectivity index (χ3n) is 7.11. The van der Waals surface area contributed by atoms with E-state index in [1.807, 2.05) is 26.8 Å². The first kappa shape index (κ1) is 30.0. The average Bonchev–Trinajstić information content (AvgIpc) is 2.92. The maximum Gasteiger partial charge on any atom is 0.410 e. The molecule has 1 aromatic carbocycles. The van der Waals surface area contributed by atoms with Crippen molar-refractivity contribution in [1.82, 2.24) is 15.1 Å². The summed E-state index contributed by atoms with van der Waals surface area (Å²) in [7, 11) is 0. The highest BCUT2D eigenvalue weighted by Crippen LogP contribution is 2.25. The molecule has 0 aromatic heterocycles. The molecular formula is C30H41N3O6. The fraction of sp³-hybridized carbons (Fsp3) is 0.600. The van der Waals surface area contributed by atoms with Gasteiger partial charge in [0.2, 0.25) is 11.8 Å². The van der Waals surface area contributed by atoms with E-state index >= 15 is 0 Å². The Balaban J connectivity index is 1.39. The average molecular weight is 540 g/mol. The van der Waals surface area contributed by atoms with Crippen LogP contribution in [0.15, 0.2) is 30.3 Å². The summed E-state index contributed by atoms with van der Waals surface area (Å²) in [6.07, 6.45) is 9.54. The van der Waals surface area contributed by atoms with Gasteiger partial charge >= 0.3 is 12.1 Å². The Morgan fingerprint density at radius 3 is 2.38 bits per heavy atom. The summed E-state index contributed by atoms with van der Waals surface area (Å²) in [5, 5.41) is 2.78. The second-order valence-electron chi connectivity index (χ2n) is 11.3. The van der Waals surface area contributed by atoms with Gasteiger partial charge in [0.1, 0.15) is 17.3 Å². The van der Waals surface area contributed by atoms with Gasteiger partial charge in [-0.15, -0.1) is 6.42 Å². The molecule has 0 spiro atoms. The van der Waals surface area contributed by atoms with Crippen molar-refractivity contribution in [2.45, 2.75) is 64.9 Å². The van der Waals surface area contributed by atoms with Gasteiger partial charge in [-0.1, -0.05) is 24.1 Å². The minimum Gasteiger partial charge on any atom is -0.444 e. The summed E-state index contributed by atoms with van der Waals surface area (Å²) in [5.74, 6) is 1.16. The number of esters is 1. The second-order valence-corrected chi connectivity index (χ2v) is 11.3. The standard InChI is InChI=1S/C30H41N3O6/c1-5-23(28(36)38-25-11-7-6-8-12-25)20-31-27(35)24-10-9-17-33(21-24)26(34)14-13-22-15-18-32(19-16-22)29(37)39-30(2,3)4/h1,6-8,11-12,22-24H,9-10,13-21H2,2-4H3,(H,31,35)/t23-,24+/m0/s1. The fourth-order valence-electron chi connectivity index (χ4n) is 4.87. The summed E-state index contributed by atoms with van der Waals surface area (Å²) >= 11 is 0. The molecule has 2 atom stereocenters. The Morgan fingerprint density at radius 2 is 1.74 bits per heavy atom. The predicted octanol–water partition coefficient (Wildman–Crippen LogP) is 3.62. The molecule has 0 aliphatic carbocycles. The highest BCUT2D eigenvalue weighted by molar-refractivity contribution is 5.83. The number of hydrogen-bond donors (Lipinski definition) is 1. The number of rotatable bonds is 8. The smallest absolute Gasteiger partial charge is 0.410 e. The first-order valence-electron chi connectivity index (χ1n) is 13.8. The van der Waals surface area contributed by atoms with Crippen molar-refractivity contribution in [2.75, 3.05) is 32.7 Å². The van der Waals surface area contributed by atoms with Crippen molar-refractivity contribution in [3.05, 3.63) is 30.3 Å². The van der Waals surface area contributed by atoms with Gasteiger partial charge in [0.25, 0.3) is 0 Å². The minimum absolute atomic E-state index is 0.0204. The van der Waals surface area contributed by atoms with E-state index in [0.29, 0.717) is 50.7 Å². The number of piperidine rings is 2. The summed E-state index contributed by atoms with van der Waals surface area (Å²) in [5.41, 5.74) is -0.513. The van der Waals surface area contributed by atoms with Gasteiger partial charge in [0.15, 0.2) is 0 Å². The molecule has 212 valence electrons.